The summed E-state index contributed by atoms with van der Waals surface area (Å²) in [7, 11) is 3.47. The van der Waals surface area contributed by atoms with Crippen molar-refractivity contribution >= 4 is 18.0 Å². The number of alkyl carbamates (subject to hydrolysis) is 1. The number of nitrogens with one attached hydrogen (secondary N) is 2. The second kappa shape index (κ2) is 11.2. The van der Waals surface area contributed by atoms with E-state index in [2.05, 4.69) is 34.9 Å². The van der Waals surface area contributed by atoms with E-state index in [0.717, 1.165) is 22.3 Å². The van der Waals surface area contributed by atoms with Crippen molar-refractivity contribution < 1.29 is 24.2 Å². The molecule has 2 atom stereocenters. The number of likely N-dealkylation sites (N-methyl/N-ethyl adjacent to an activating group) is 1. The number of hydrogen-bond donors (Lipinski definition) is 3. The van der Waals surface area contributed by atoms with Crippen LogP contribution in [0.5, 0.6) is 0 Å². The minimum atomic E-state index is -1.10. The molecule has 0 fully saturated rings. The molecule has 0 aliphatic heterocycles. The zero-order valence-corrected chi connectivity index (χ0v) is 20.1. The van der Waals surface area contributed by atoms with Crippen LogP contribution in [0.1, 0.15) is 37.3 Å². The van der Waals surface area contributed by atoms with Crippen molar-refractivity contribution in [3.8, 4) is 11.1 Å². The van der Waals surface area contributed by atoms with Crippen LogP contribution in [0.2, 0.25) is 0 Å². The highest BCUT2D eigenvalue weighted by molar-refractivity contribution is 5.84. The number of nitrogens with zero attached hydrogens (tertiary/aromatic N) is 1. The van der Waals surface area contributed by atoms with Crippen molar-refractivity contribution in [1.29, 1.82) is 0 Å². The summed E-state index contributed by atoms with van der Waals surface area (Å²) in [5.41, 5.74) is 4.54. The van der Waals surface area contributed by atoms with Gasteiger partial charge in [0.1, 0.15) is 12.6 Å². The van der Waals surface area contributed by atoms with E-state index in [1.165, 1.54) is 0 Å². The number of benzene rings is 2. The van der Waals surface area contributed by atoms with Crippen LogP contribution in [-0.4, -0.2) is 67.3 Å². The summed E-state index contributed by atoms with van der Waals surface area (Å²) in [6, 6.07) is 14.7. The third-order valence-corrected chi connectivity index (χ3v) is 6.04. The molecule has 0 saturated heterocycles. The number of fused-ring (bicyclic) bond motifs is 3. The summed E-state index contributed by atoms with van der Waals surface area (Å²) in [5.74, 6) is -1.65. The Balaban J connectivity index is 1.59. The lowest BCUT2D eigenvalue weighted by Gasteiger charge is -2.24. The van der Waals surface area contributed by atoms with Crippen molar-refractivity contribution in [1.82, 2.24) is 15.5 Å². The van der Waals surface area contributed by atoms with Gasteiger partial charge in [0.15, 0.2) is 0 Å². The van der Waals surface area contributed by atoms with E-state index in [1.54, 1.807) is 19.0 Å². The van der Waals surface area contributed by atoms with Gasteiger partial charge in [0, 0.05) is 24.9 Å². The van der Waals surface area contributed by atoms with Gasteiger partial charge in [0.25, 0.3) is 0 Å². The van der Waals surface area contributed by atoms with Gasteiger partial charge < -0.3 is 25.4 Å². The molecule has 8 nitrogen and oxygen atoms in total. The van der Waals surface area contributed by atoms with Gasteiger partial charge in [0.05, 0.1) is 0 Å². The van der Waals surface area contributed by atoms with E-state index in [9.17, 15) is 19.5 Å². The van der Waals surface area contributed by atoms with Crippen LogP contribution in [0.15, 0.2) is 48.5 Å². The minimum Gasteiger partial charge on any atom is -0.480 e. The zero-order valence-electron chi connectivity index (χ0n) is 20.1. The van der Waals surface area contributed by atoms with Crippen molar-refractivity contribution in [2.75, 3.05) is 27.2 Å². The Hall–Kier alpha value is -3.39. The predicted molar refractivity (Wildman–Crippen MR) is 130 cm³/mol. The lowest BCUT2D eigenvalue weighted by atomic mass is 9.98. The van der Waals surface area contributed by atoms with Crippen molar-refractivity contribution in [3.63, 3.8) is 0 Å². The molecule has 3 N–H and O–H groups in total. The molecule has 2 aromatic carbocycles. The average Bonchev–Trinajstić information content (AvgIpc) is 3.10. The van der Waals surface area contributed by atoms with E-state index in [-0.39, 0.29) is 31.4 Å². The van der Waals surface area contributed by atoms with Crippen molar-refractivity contribution in [2.45, 2.75) is 38.3 Å². The van der Waals surface area contributed by atoms with Crippen molar-refractivity contribution in [3.05, 3.63) is 59.7 Å². The van der Waals surface area contributed by atoms with Crippen LogP contribution in [0.4, 0.5) is 4.79 Å². The van der Waals surface area contributed by atoms with Gasteiger partial charge in [-0.15, -0.1) is 0 Å². The molecule has 0 aromatic heterocycles. The van der Waals surface area contributed by atoms with Gasteiger partial charge in [-0.25, -0.2) is 9.59 Å². The van der Waals surface area contributed by atoms with E-state index in [0.29, 0.717) is 0 Å². The van der Waals surface area contributed by atoms with Gasteiger partial charge in [-0.05, 0) is 42.3 Å². The smallest absolute Gasteiger partial charge is 0.407 e. The summed E-state index contributed by atoms with van der Waals surface area (Å²) in [6.07, 6.45) is -0.643. The molecule has 182 valence electrons. The Bertz CT molecular complexity index is 991. The number of carboxylic acids is 1. The average molecular weight is 468 g/mol. The highest BCUT2D eigenvalue weighted by Crippen LogP contribution is 2.44. The molecule has 2 amide bonds. The summed E-state index contributed by atoms with van der Waals surface area (Å²) in [4.78, 5) is 38.2. The van der Waals surface area contributed by atoms with Crippen LogP contribution in [0.3, 0.4) is 0 Å². The van der Waals surface area contributed by atoms with Crippen LogP contribution < -0.4 is 10.6 Å². The second-order valence-corrected chi connectivity index (χ2v) is 9.25. The Morgan fingerprint density at radius 1 is 0.971 bits per heavy atom. The summed E-state index contributed by atoms with van der Waals surface area (Å²) >= 11 is 0. The third-order valence-electron chi connectivity index (χ3n) is 6.04. The standard InChI is InChI=1S/C26H33N3O5/c1-16(2)22(13-24(30)27-23(25(31)32)14-29(3)4)28-26(33)34-15-21-19-11-7-5-9-17(19)18-10-6-8-12-20(18)21/h5-12,16,21-23H,13-15H2,1-4H3,(H,27,30)(H,28,33)(H,31,32)/t22-,23-/m0/s1. The first-order chi connectivity index (χ1) is 16.2. The van der Waals surface area contributed by atoms with Crippen LogP contribution in [0.25, 0.3) is 11.1 Å². The fourth-order valence-electron chi connectivity index (χ4n) is 4.25. The monoisotopic (exact) mass is 467 g/mol. The van der Waals surface area contributed by atoms with E-state index < -0.39 is 30.1 Å². The van der Waals surface area contributed by atoms with Gasteiger partial charge in [-0.2, -0.15) is 0 Å². The summed E-state index contributed by atoms with van der Waals surface area (Å²) < 4.78 is 5.59. The topological polar surface area (TPSA) is 108 Å². The molecule has 3 rings (SSSR count). The maximum Gasteiger partial charge on any atom is 0.407 e. The first-order valence-electron chi connectivity index (χ1n) is 11.5. The molecule has 0 bridgehead atoms. The molecule has 34 heavy (non-hydrogen) atoms. The summed E-state index contributed by atoms with van der Waals surface area (Å²) in [6.45, 7) is 4.13. The molecule has 0 unspecified atom stereocenters. The Morgan fingerprint density at radius 3 is 2.03 bits per heavy atom. The maximum absolute atomic E-state index is 12.6. The van der Waals surface area contributed by atoms with Gasteiger partial charge >= 0.3 is 12.1 Å². The quantitative estimate of drug-likeness (QED) is 0.496. The fraction of sp³-hybridized carbons (Fsp3) is 0.423. The molecular formula is C26H33N3O5. The van der Waals surface area contributed by atoms with Gasteiger partial charge in [0.2, 0.25) is 5.91 Å². The minimum absolute atomic E-state index is 0.0426. The highest BCUT2D eigenvalue weighted by atomic mass is 16.5. The number of ether oxygens (including phenoxy) is 1. The third kappa shape index (κ3) is 6.14. The van der Waals surface area contributed by atoms with Crippen LogP contribution in [0, 0.1) is 5.92 Å². The molecule has 2 aromatic rings. The SMILES string of the molecule is CC(C)[C@H](CC(=O)N[C@@H](CN(C)C)C(=O)O)NC(=O)OCC1c2ccccc2-c2ccccc21. The van der Waals surface area contributed by atoms with Gasteiger partial charge in [-0.1, -0.05) is 62.4 Å². The number of carboxylic acid groups (broad SMARTS) is 1. The molecule has 1 aliphatic rings. The molecule has 1 aliphatic carbocycles. The Kier molecular flexibility index (Phi) is 8.28. The number of carbonyl (C=O) groups is 3. The molecule has 0 radical (unpaired) electrons. The molecule has 8 heteroatoms. The fourth-order valence-corrected chi connectivity index (χ4v) is 4.25. The lowest BCUT2D eigenvalue weighted by Crippen LogP contribution is -2.49. The van der Waals surface area contributed by atoms with E-state index >= 15 is 0 Å². The van der Waals surface area contributed by atoms with E-state index in [4.69, 9.17) is 4.74 Å². The Morgan fingerprint density at radius 2 is 1.53 bits per heavy atom. The summed E-state index contributed by atoms with van der Waals surface area (Å²) in [5, 5.41) is 14.7. The first kappa shape index (κ1) is 25.2. The largest absolute Gasteiger partial charge is 0.480 e. The Labute approximate surface area is 200 Å². The number of rotatable bonds is 10. The number of aliphatic carboxylic acids is 1. The van der Waals surface area contributed by atoms with Crippen molar-refractivity contribution in [2.24, 2.45) is 5.92 Å². The van der Waals surface area contributed by atoms with Crippen LogP contribution >= 0.6 is 0 Å². The number of hydrogen-bond acceptors (Lipinski definition) is 5. The van der Waals surface area contributed by atoms with Crippen LogP contribution in [-0.2, 0) is 14.3 Å². The molecular weight excluding hydrogens is 434 g/mol. The van der Waals surface area contributed by atoms with Gasteiger partial charge in [-0.3, -0.25) is 4.79 Å². The number of amides is 2. The molecule has 0 heterocycles. The highest BCUT2D eigenvalue weighted by Gasteiger charge is 2.30. The second-order valence-electron chi connectivity index (χ2n) is 9.25. The first-order valence-corrected chi connectivity index (χ1v) is 11.5. The van der Waals surface area contributed by atoms with E-state index in [1.807, 2.05) is 38.1 Å². The lowest BCUT2D eigenvalue weighted by molar-refractivity contribution is -0.142. The zero-order chi connectivity index (χ0) is 24.8. The molecule has 0 saturated carbocycles. The molecule has 0 spiro atoms. The maximum atomic E-state index is 12.6. The normalized spacial score (nSPS) is 14.3. The predicted octanol–water partition coefficient (Wildman–Crippen LogP) is 3.07. The number of carbonyl (C=O) groups excluding carboxylic acids is 2.